The topological polar surface area (TPSA) is 43.4 Å². The van der Waals surface area contributed by atoms with E-state index in [1.165, 1.54) is 0 Å². The Morgan fingerprint density at radius 1 is 1.55 bits per heavy atom. The first-order chi connectivity index (χ1) is 5.18. The smallest absolute Gasteiger partial charge is 0.0613 e. The Labute approximate surface area is 70.1 Å². The SMILES string of the molecule is CC1CCN(CS(=O)[O-])CC1. The van der Waals surface area contributed by atoms with E-state index in [4.69, 9.17) is 0 Å². The summed E-state index contributed by atoms with van der Waals surface area (Å²) in [4.78, 5) is 1.99. The first kappa shape index (κ1) is 9.16. The molecule has 0 aromatic heterocycles. The molecule has 1 aliphatic heterocycles. The van der Waals surface area contributed by atoms with E-state index >= 15 is 0 Å². The molecule has 0 spiro atoms. The zero-order chi connectivity index (χ0) is 8.27. The second-order valence-corrected chi connectivity index (χ2v) is 4.10. The van der Waals surface area contributed by atoms with Crippen molar-refractivity contribution < 1.29 is 8.76 Å². The molecular weight excluding hydrogens is 162 g/mol. The second kappa shape index (κ2) is 4.18. The summed E-state index contributed by atoms with van der Waals surface area (Å²) in [6, 6.07) is 0. The standard InChI is InChI=1S/C7H15NO2S/c1-7-2-4-8(5-3-7)6-11(9)10/h7H,2-6H2,1H3,(H,9,10)/p-1. The molecule has 1 unspecified atom stereocenters. The highest BCUT2D eigenvalue weighted by molar-refractivity contribution is 7.79. The molecule has 11 heavy (non-hydrogen) atoms. The molecule has 1 heterocycles. The Kier molecular flexibility index (Phi) is 3.48. The molecule has 0 aromatic rings. The minimum atomic E-state index is -1.90. The van der Waals surface area contributed by atoms with Crippen LogP contribution in [0.4, 0.5) is 0 Å². The lowest BCUT2D eigenvalue weighted by atomic mass is 10.00. The molecule has 1 rings (SSSR count). The van der Waals surface area contributed by atoms with Crippen LogP contribution in [-0.4, -0.2) is 32.6 Å². The predicted molar refractivity (Wildman–Crippen MR) is 43.8 cm³/mol. The lowest BCUT2D eigenvalue weighted by Gasteiger charge is -2.30. The number of nitrogens with zero attached hydrogens (tertiary/aromatic N) is 1. The van der Waals surface area contributed by atoms with Gasteiger partial charge in [-0.1, -0.05) is 6.92 Å². The van der Waals surface area contributed by atoms with Crippen LogP contribution in [-0.2, 0) is 11.1 Å². The van der Waals surface area contributed by atoms with Crippen molar-refractivity contribution in [2.45, 2.75) is 19.8 Å². The fourth-order valence-electron chi connectivity index (χ4n) is 1.34. The molecule has 0 N–H and O–H groups in total. The number of piperidine rings is 1. The van der Waals surface area contributed by atoms with Crippen LogP contribution in [0.15, 0.2) is 0 Å². The molecule has 0 aromatic carbocycles. The van der Waals surface area contributed by atoms with Gasteiger partial charge in [0.15, 0.2) is 0 Å². The quantitative estimate of drug-likeness (QED) is 0.577. The minimum absolute atomic E-state index is 0.215. The number of hydrogen-bond acceptors (Lipinski definition) is 3. The van der Waals surface area contributed by atoms with E-state index in [0.717, 1.165) is 31.8 Å². The molecule has 1 atom stereocenters. The Morgan fingerprint density at radius 2 is 2.09 bits per heavy atom. The summed E-state index contributed by atoms with van der Waals surface area (Å²) in [5.74, 6) is 0.985. The van der Waals surface area contributed by atoms with Crippen LogP contribution in [0.2, 0.25) is 0 Å². The average molecular weight is 176 g/mol. The summed E-state index contributed by atoms with van der Waals surface area (Å²) >= 11 is -1.90. The van der Waals surface area contributed by atoms with Crippen molar-refractivity contribution in [3.63, 3.8) is 0 Å². The van der Waals surface area contributed by atoms with Gasteiger partial charge in [0.05, 0.1) is 5.88 Å². The molecule has 0 radical (unpaired) electrons. The molecule has 66 valence electrons. The highest BCUT2D eigenvalue weighted by atomic mass is 32.2. The van der Waals surface area contributed by atoms with Crippen LogP contribution >= 0.6 is 0 Å². The van der Waals surface area contributed by atoms with Gasteiger partial charge in [-0.15, -0.1) is 0 Å². The first-order valence-corrected chi connectivity index (χ1v) is 5.21. The van der Waals surface area contributed by atoms with E-state index in [1.807, 2.05) is 4.90 Å². The third-order valence-electron chi connectivity index (χ3n) is 2.16. The molecule has 3 nitrogen and oxygen atoms in total. The van der Waals surface area contributed by atoms with Gasteiger partial charge in [-0.05, 0) is 42.9 Å². The van der Waals surface area contributed by atoms with Gasteiger partial charge in [0.2, 0.25) is 0 Å². The highest BCUT2D eigenvalue weighted by Crippen LogP contribution is 2.15. The van der Waals surface area contributed by atoms with E-state index in [9.17, 15) is 8.76 Å². The first-order valence-electron chi connectivity index (χ1n) is 3.96. The van der Waals surface area contributed by atoms with Crippen molar-refractivity contribution in [3.8, 4) is 0 Å². The van der Waals surface area contributed by atoms with E-state index in [2.05, 4.69) is 6.92 Å². The fraction of sp³-hybridized carbons (Fsp3) is 1.00. The van der Waals surface area contributed by atoms with Crippen molar-refractivity contribution in [1.29, 1.82) is 0 Å². The van der Waals surface area contributed by atoms with Crippen LogP contribution < -0.4 is 0 Å². The largest absolute Gasteiger partial charge is 0.771 e. The fourth-order valence-corrected chi connectivity index (χ4v) is 1.90. The van der Waals surface area contributed by atoms with Gasteiger partial charge < -0.3 is 4.55 Å². The number of rotatable bonds is 2. The predicted octanol–water partition coefficient (Wildman–Crippen LogP) is 0.555. The van der Waals surface area contributed by atoms with Crippen LogP contribution in [0.5, 0.6) is 0 Å². The highest BCUT2D eigenvalue weighted by Gasteiger charge is 2.14. The second-order valence-electron chi connectivity index (χ2n) is 3.23. The van der Waals surface area contributed by atoms with Crippen molar-refractivity contribution >= 4 is 11.1 Å². The molecule has 1 aliphatic rings. The monoisotopic (exact) mass is 176 g/mol. The summed E-state index contributed by atoms with van der Waals surface area (Å²) in [6.07, 6.45) is 2.27. The molecule has 0 bridgehead atoms. The molecule has 0 aliphatic carbocycles. The Balaban J connectivity index is 2.22. The summed E-state index contributed by atoms with van der Waals surface area (Å²) < 4.78 is 20.6. The van der Waals surface area contributed by atoms with Crippen LogP contribution in [0.3, 0.4) is 0 Å². The van der Waals surface area contributed by atoms with Crippen molar-refractivity contribution in [2.24, 2.45) is 5.92 Å². The molecule has 1 fully saturated rings. The molecule has 1 saturated heterocycles. The molecule has 0 saturated carbocycles. The van der Waals surface area contributed by atoms with Gasteiger partial charge in [-0.2, -0.15) is 0 Å². The van der Waals surface area contributed by atoms with Crippen LogP contribution in [0, 0.1) is 5.92 Å². The van der Waals surface area contributed by atoms with Crippen molar-refractivity contribution in [2.75, 3.05) is 19.0 Å². The van der Waals surface area contributed by atoms with Gasteiger partial charge >= 0.3 is 0 Å². The van der Waals surface area contributed by atoms with Gasteiger partial charge in [0.1, 0.15) is 0 Å². The van der Waals surface area contributed by atoms with Gasteiger partial charge in [0, 0.05) is 0 Å². The Bertz CT molecular complexity index is 143. The lowest BCUT2D eigenvalue weighted by Crippen LogP contribution is -2.35. The van der Waals surface area contributed by atoms with Crippen molar-refractivity contribution in [3.05, 3.63) is 0 Å². The molecule has 0 amide bonds. The third-order valence-corrected chi connectivity index (χ3v) is 2.74. The van der Waals surface area contributed by atoms with E-state index in [-0.39, 0.29) is 5.88 Å². The van der Waals surface area contributed by atoms with E-state index in [0.29, 0.717) is 0 Å². The van der Waals surface area contributed by atoms with Crippen molar-refractivity contribution in [1.82, 2.24) is 4.90 Å². The van der Waals surface area contributed by atoms with Crippen LogP contribution in [0.1, 0.15) is 19.8 Å². The Hall–Kier alpha value is 0.0700. The molecular formula is C7H14NO2S-. The zero-order valence-electron chi connectivity index (χ0n) is 6.78. The van der Waals surface area contributed by atoms with Crippen LogP contribution in [0.25, 0.3) is 0 Å². The third kappa shape index (κ3) is 3.31. The van der Waals surface area contributed by atoms with Gasteiger partial charge in [-0.3, -0.25) is 9.11 Å². The maximum atomic E-state index is 10.3. The van der Waals surface area contributed by atoms with E-state index in [1.54, 1.807) is 0 Å². The van der Waals surface area contributed by atoms with Gasteiger partial charge in [0.25, 0.3) is 0 Å². The number of hydrogen-bond donors (Lipinski definition) is 0. The van der Waals surface area contributed by atoms with E-state index < -0.39 is 11.1 Å². The maximum absolute atomic E-state index is 10.3. The summed E-state index contributed by atoms with van der Waals surface area (Å²) in [7, 11) is 0. The average Bonchev–Trinajstić information content (AvgIpc) is 1.93. The molecule has 4 heteroatoms. The number of likely N-dealkylation sites (tertiary alicyclic amines) is 1. The summed E-state index contributed by atoms with van der Waals surface area (Å²) in [5.41, 5.74) is 0. The summed E-state index contributed by atoms with van der Waals surface area (Å²) in [5, 5.41) is 0. The maximum Gasteiger partial charge on any atom is 0.0613 e. The van der Waals surface area contributed by atoms with Gasteiger partial charge in [-0.25, -0.2) is 0 Å². The lowest BCUT2D eigenvalue weighted by molar-refractivity contribution is 0.217. The minimum Gasteiger partial charge on any atom is -0.771 e. The Morgan fingerprint density at radius 3 is 2.55 bits per heavy atom. The normalized spacial score (nSPS) is 25.3. The summed E-state index contributed by atoms with van der Waals surface area (Å²) in [6.45, 7) is 4.09. The zero-order valence-corrected chi connectivity index (χ0v) is 7.60.